The molecule has 1 aliphatic carbocycles. The Morgan fingerprint density at radius 1 is 1.12 bits per heavy atom. The summed E-state index contributed by atoms with van der Waals surface area (Å²) in [6, 6.07) is 11.1. The van der Waals surface area contributed by atoms with Crippen LogP contribution < -0.4 is 10.1 Å². The van der Waals surface area contributed by atoms with Gasteiger partial charge in [0.2, 0.25) is 5.91 Å². The molecular weight excluding hydrogens is 412 g/mol. The summed E-state index contributed by atoms with van der Waals surface area (Å²) in [5.41, 5.74) is 0.675. The average molecular weight is 440 g/mol. The average Bonchev–Trinajstić information content (AvgIpc) is 3.26. The molecule has 0 atom stereocenters. The van der Waals surface area contributed by atoms with Crippen molar-refractivity contribution in [1.82, 2.24) is 0 Å². The molecule has 1 aliphatic rings. The maximum Gasteiger partial charge on any atom is 0.341 e. The minimum absolute atomic E-state index is 0.0119. The molecule has 32 heavy (non-hydrogen) atoms. The number of nitrogens with one attached hydrogen (secondary N) is 1. The topological polar surface area (TPSA) is 108 Å². The van der Waals surface area contributed by atoms with Crippen LogP contribution in [0.1, 0.15) is 62.4 Å². The van der Waals surface area contributed by atoms with E-state index in [-0.39, 0.29) is 29.9 Å². The molecule has 1 saturated carbocycles. The van der Waals surface area contributed by atoms with Gasteiger partial charge in [0, 0.05) is 17.8 Å². The fraction of sp³-hybridized carbons (Fsp3) is 0.417. The van der Waals surface area contributed by atoms with E-state index in [1.54, 1.807) is 37.3 Å². The molecule has 2 aromatic rings. The van der Waals surface area contributed by atoms with Crippen LogP contribution in [-0.4, -0.2) is 29.5 Å². The fourth-order valence-corrected chi connectivity index (χ4v) is 4.11. The number of esters is 1. The van der Waals surface area contributed by atoms with E-state index in [2.05, 4.69) is 5.32 Å². The first kappa shape index (κ1) is 23.2. The van der Waals surface area contributed by atoms with Crippen molar-refractivity contribution in [3.05, 3.63) is 63.7 Å². The van der Waals surface area contributed by atoms with Gasteiger partial charge in [-0.15, -0.1) is 0 Å². The molecule has 170 valence electrons. The second kappa shape index (κ2) is 9.80. The first-order valence-electron chi connectivity index (χ1n) is 10.8. The molecule has 1 amide bonds. The van der Waals surface area contributed by atoms with Gasteiger partial charge in [0.1, 0.15) is 11.3 Å². The number of nitrogens with zero attached hydrogens (tertiary/aromatic N) is 1. The lowest BCUT2D eigenvalue weighted by atomic mass is 9.78. The summed E-state index contributed by atoms with van der Waals surface area (Å²) in [6.07, 6.45) is 2.94. The standard InChI is InChI=1S/C24H28N2O6/c1-4-31-22(27)20-15-18(9-12-21(20)32-16(2)3)25-23(28)24(13-5-6-14-24)17-7-10-19(11-8-17)26(29)30/h7-12,15-16H,4-6,13-14H2,1-3H3,(H,25,28). The predicted octanol–water partition coefficient (Wildman–Crippen LogP) is 5.01. The number of hydrogen-bond acceptors (Lipinski definition) is 6. The number of amides is 1. The molecule has 0 aromatic heterocycles. The zero-order valence-electron chi connectivity index (χ0n) is 18.6. The summed E-state index contributed by atoms with van der Waals surface area (Å²) >= 11 is 0. The fourth-order valence-electron chi connectivity index (χ4n) is 4.11. The molecule has 1 N–H and O–H groups in total. The molecule has 0 heterocycles. The maximum absolute atomic E-state index is 13.4. The number of non-ortho nitro benzene ring substituents is 1. The van der Waals surface area contributed by atoms with E-state index in [0.717, 1.165) is 18.4 Å². The number of nitro benzene ring substituents is 1. The second-order valence-electron chi connectivity index (χ2n) is 8.15. The van der Waals surface area contributed by atoms with Crippen LogP contribution >= 0.6 is 0 Å². The van der Waals surface area contributed by atoms with Crippen LogP contribution in [0.25, 0.3) is 0 Å². The second-order valence-corrected chi connectivity index (χ2v) is 8.15. The van der Waals surface area contributed by atoms with E-state index in [0.29, 0.717) is 24.3 Å². The van der Waals surface area contributed by atoms with Crippen LogP contribution in [0, 0.1) is 10.1 Å². The van der Waals surface area contributed by atoms with E-state index in [4.69, 9.17) is 9.47 Å². The van der Waals surface area contributed by atoms with Crippen molar-refractivity contribution in [2.75, 3.05) is 11.9 Å². The van der Waals surface area contributed by atoms with Crippen molar-refractivity contribution in [1.29, 1.82) is 0 Å². The normalized spacial score (nSPS) is 14.8. The third kappa shape index (κ3) is 4.90. The predicted molar refractivity (Wildman–Crippen MR) is 120 cm³/mol. The highest BCUT2D eigenvalue weighted by atomic mass is 16.6. The summed E-state index contributed by atoms with van der Waals surface area (Å²) in [7, 11) is 0. The van der Waals surface area contributed by atoms with Crippen molar-refractivity contribution < 1.29 is 24.0 Å². The molecule has 0 radical (unpaired) electrons. The first-order valence-corrected chi connectivity index (χ1v) is 10.8. The first-order chi connectivity index (χ1) is 15.3. The summed E-state index contributed by atoms with van der Waals surface area (Å²) in [5, 5.41) is 13.9. The lowest BCUT2D eigenvalue weighted by Crippen LogP contribution is -2.38. The van der Waals surface area contributed by atoms with Crippen molar-refractivity contribution in [3.8, 4) is 5.75 Å². The van der Waals surface area contributed by atoms with Gasteiger partial charge >= 0.3 is 5.97 Å². The van der Waals surface area contributed by atoms with Gasteiger partial charge in [0.25, 0.3) is 5.69 Å². The van der Waals surface area contributed by atoms with Gasteiger partial charge in [0.05, 0.1) is 23.0 Å². The van der Waals surface area contributed by atoms with E-state index in [9.17, 15) is 19.7 Å². The highest BCUT2D eigenvalue weighted by Gasteiger charge is 2.43. The number of carbonyl (C=O) groups is 2. The molecule has 1 fully saturated rings. The summed E-state index contributed by atoms with van der Waals surface area (Å²) in [6.45, 7) is 5.66. The van der Waals surface area contributed by atoms with Crippen LogP contribution in [0.4, 0.5) is 11.4 Å². The summed E-state index contributed by atoms with van der Waals surface area (Å²) in [4.78, 5) is 36.4. The Morgan fingerprint density at radius 3 is 2.34 bits per heavy atom. The lowest BCUT2D eigenvalue weighted by Gasteiger charge is -2.28. The third-order valence-corrected chi connectivity index (χ3v) is 5.62. The minimum atomic E-state index is -0.772. The monoisotopic (exact) mass is 440 g/mol. The number of carbonyl (C=O) groups excluding carboxylic acids is 2. The molecule has 8 nitrogen and oxygen atoms in total. The van der Waals surface area contributed by atoms with Crippen molar-refractivity contribution >= 4 is 23.3 Å². The molecule has 3 rings (SSSR count). The number of anilines is 1. The zero-order valence-corrected chi connectivity index (χ0v) is 18.6. The molecule has 0 aliphatic heterocycles. The highest BCUT2D eigenvalue weighted by Crippen LogP contribution is 2.42. The van der Waals surface area contributed by atoms with Crippen LogP contribution in [0.2, 0.25) is 0 Å². The number of nitro groups is 1. The van der Waals surface area contributed by atoms with Crippen LogP contribution in [0.15, 0.2) is 42.5 Å². The van der Waals surface area contributed by atoms with Gasteiger partial charge < -0.3 is 14.8 Å². The van der Waals surface area contributed by atoms with Crippen LogP contribution in [0.5, 0.6) is 5.75 Å². The number of ether oxygens (including phenoxy) is 2. The Balaban J connectivity index is 1.90. The van der Waals surface area contributed by atoms with Gasteiger partial charge in [-0.25, -0.2) is 4.79 Å². The summed E-state index contributed by atoms with van der Waals surface area (Å²) in [5.74, 6) is -0.330. The van der Waals surface area contributed by atoms with E-state index in [1.807, 2.05) is 13.8 Å². The maximum atomic E-state index is 13.4. The highest BCUT2D eigenvalue weighted by molar-refractivity contribution is 6.01. The Hall–Kier alpha value is -3.42. The smallest absolute Gasteiger partial charge is 0.341 e. The van der Waals surface area contributed by atoms with Gasteiger partial charge in [-0.3, -0.25) is 14.9 Å². The Kier molecular flexibility index (Phi) is 7.12. The lowest BCUT2D eigenvalue weighted by molar-refractivity contribution is -0.384. The third-order valence-electron chi connectivity index (χ3n) is 5.62. The van der Waals surface area contributed by atoms with E-state index >= 15 is 0 Å². The molecule has 0 bridgehead atoms. The molecule has 8 heteroatoms. The van der Waals surface area contributed by atoms with Gasteiger partial charge in [-0.1, -0.05) is 25.0 Å². The van der Waals surface area contributed by atoms with E-state index < -0.39 is 16.3 Å². The zero-order chi connectivity index (χ0) is 23.3. The van der Waals surface area contributed by atoms with Gasteiger partial charge in [-0.2, -0.15) is 0 Å². The Bertz CT molecular complexity index is 994. The minimum Gasteiger partial charge on any atom is -0.490 e. The number of benzene rings is 2. The van der Waals surface area contributed by atoms with Gasteiger partial charge in [0.15, 0.2) is 0 Å². The van der Waals surface area contributed by atoms with Crippen molar-refractivity contribution in [3.63, 3.8) is 0 Å². The molecule has 2 aromatic carbocycles. The van der Waals surface area contributed by atoms with Crippen LogP contribution in [-0.2, 0) is 14.9 Å². The molecule has 0 saturated heterocycles. The Morgan fingerprint density at radius 2 is 1.78 bits per heavy atom. The largest absolute Gasteiger partial charge is 0.490 e. The number of hydrogen-bond donors (Lipinski definition) is 1. The van der Waals surface area contributed by atoms with Crippen molar-refractivity contribution in [2.24, 2.45) is 0 Å². The SMILES string of the molecule is CCOC(=O)c1cc(NC(=O)C2(c3ccc([N+](=O)[O-])cc3)CCCC2)ccc1OC(C)C. The van der Waals surface area contributed by atoms with E-state index in [1.165, 1.54) is 12.1 Å². The Labute approximate surface area is 187 Å². The molecule has 0 spiro atoms. The number of rotatable bonds is 8. The molecular formula is C24H28N2O6. The van der Waals surface area contributed by atoms with Crippen molar-refractivity contribution in [2.45, 2.75) is 58.0 Å². The quantitative estimate of drug-likeness (QED) is 0.351. The summed E-state index contributed by atoms with van der Waals surface area (Å²) < 4.78 is 10.9. The molecule has 0 unspecified atom stereocenters. The van der Waals surface area contributed by atoms with Gasteiger partial charge in [-0.05, 0) is 57.4 Å². The van der Waals surface area contributed by atoms with Crippen LogP contribution in [0.3, 0.4) is 0 Å².